The summed E-state index contributed by atoms with van der Waals surface area (Å²) in [6, 6.07) is 15.0. The smallest absolute Gasteiger partial charge is 0.345 e. The van der Waals surface area contributed by atoms with E-state index in [-0.39, 0.29) is 58.6 Å². The molecule has 6 aliphatic rings. The van der Waals surface area contributed by atoms with E-state index in [0.717, 1.165) is 42.4 Å². The van der Waals surface area contributed by atoms with Crippen LogP contribution in [0.5, 0.6) is 5.75 Å². The molecule has 2 aromatic carbocycles. The quantitative estimate of drug-likeness (QED) is 0.141. The summed E-state index contributed by atoms with van der Waals surface area (Å²) < 4.78 is 56.4. The fraction of sp³-hybridized carbons (Fsp3) is 0.442. The molecule has 1 amide bonds. The Morgan fingerprint density at radius 2 is 1.91 bits per heavy atom. The number of carbonyl (C=O) groups excluding carboxylic acids is 1. The molecule has 0 spiro atoms. The minimum atomic E-state index is -2.82. The molecule has 11 rings (SSSR count). The largest absolute Gasteiger partial charge is 0.488 e. The SMILES string of the molecule is Cc1nc2c(F)c(-c3cccc(Cl)c3Cl)c(CCC#N)cc2c2c1cc(C1CC(Oc3ccnc(N4CC(OC(F)F)C4)c3)CN1C(=O)C1CC1)n2C1C2CNC1C2. The van der Waals surface area contributed by atoms with Crippen LogP contribution in [0.4, 0.5) is 19.0 Å². The number of amides is 1. The molecule has 4 aliphatic heterocycles. The molecular weight excluding hydrogens is 790 g/mol. The number of hydrogen-bond donors (Lipinski definition) is 1. The lowest BCUT2D eigenvalue weighted by molar-refractivity contribution is -0.167. The molecule has 3 aromatic heterocycles. The Morgan fingerprint density at radius 3 is 2.64 bits per heavy atom. The van der Waals surface area contributed by atoms with Crippen LogP contribution in [0.2, 0.25) is 10.0 Å². The van der Waals surface area contributed by atoms with E-state index in [9.17, 15) is 18.8 Å². The van der Waals surface area contributed by atoms with Crippen molar-refractivity contribution in [3.63, 3.8) is 0 Å². The molecule has 7 heterocycles. The molecule has 5 aromatic rings. The summed E-state index contributed by atoms with van der Waals surface area (Å²) in [5.74, 6) is 1.11. The maximum Gasteiger partial charge on any atom is 0.345 e. The number of aryl methyl sites for hydroxylation is 2. The molecule has 4 saturated heterocycles. The van der Waals surface area contributed by atoms with Crippen LogP contribution in [0, 0.1) is 35.9 Å². The van der Waals surface area contributed by atoms with E-state index < -0.39 is 18.5 Å². The molecular formula is C43H40Cl2F3N7O3. The molecule has 5 unspecified atom stereocenters. The van der Waals surface area contributed by atoms with Gasteiger partial charge in [-0.2, -0.15) is 14.0 Å². The van der Waals surface area contributed by atoms with Crippen LogP contribution >= 0.6 is 23.2 Å². The first kappa shape index (κ1) is 37.6. The van der Waals surface area contributed by atoms with Crippen molar-refractivity contribution in [3.05, 3.63) is 81.5 Å². The van der Waals surface area contributed by atoms with E-state index in [1.165, 1.54) is 0 Å². The number of pyridine rings is 2. The van der Waals surface area contributed by atoms with Crippen LogP contribution in [0.3, 0.4) is 0 Å². The van der Waals surface area contributed by atoms with E-state index in [1.807, 2.05) is 22.8 Å². The molecule has 5 atom stereocenters. The number of nitrogens with one attached hydrogen (secondary N) is 1. The third kappa shape index (κ3) is 6.35. The molecule has 58 heavy (non-hydrogen) atoms. The number of nitriles is 1. The maximum atomic E-state index is 17.3. The Morgan fingerprint density at radius 1 is 1.09 bits per heavy atom. The fourth-order valence-electron chi connectivity index (χ4n) is 9.77. The second-order valence-corrected chi connectivity index (χ2v) is 17.1. The fourth-order valence-corrected chi connectivity index (χ4v) is 10.2. The van der Waals surface area contributed by atoms with Gasteiger partial charge in [-0.05, 0) is 68.4 Å². The number of ether oxygens (including phenoxy) is 2. The molecule has 0 radical (unpaired) electrons. The molecule has 15 heteroatoms. The second kappa shape index (κ2) is 14.6. The number of hydrogen-bond acceptors (Lipinski definition) is 8. The van der Waals surface area contributed by atoms with Gasteiger partial charge in [-0.3, -0.25) is 4.79 Å². The normalized spacial score (nSPS) is 24.1. The second-order valence-electron chi connectivity index (χ2n) is 16.3. The minimum absolute atomic E-state index is 0.0271. The van der Waals surface area contributed by atoms with E-state index in [0.29, 0.717) is 77.2 Å². The van der Waals surface area contributed by atoms with Gasteiger partial charge in [-0.15, -0.1) is 0 Å². The standard InChI is InChI=1S/C43H40Cl2F3N7O3/c1-21-29-16-34(33-14-26(20-54(33)42(56)22-7-8-22)57-25-9-11-50-35(15-25)53-18-27(19-53)58-43(47)48)55(40-24-13-32(40)51-17-24)41(29)30-12-23(4-3-10-49)36(38(46)39(30)52-21)28-5-2-6-31(44)37(28)45/h2,5-6,9,11-12,15-16,22,24,26-27,32-33,40,43,51H,3-4,7-8,13-14,17-20H2,1H3. The lowest BCUT2D eigenvalue weighted by Gasteiger charge is -2.39. The van der Waals surface area contributed by atoms with Gasteiger partial charge in [0, 0.05) is 90.0 Å². The van der Waals surface area contributed by atoms with Crippen molar-refractivity contribution in [3.8, 4) is 22.9 Å². The Kier molecular flexibility index (Phi) is 9.47. The number of halogens is 5. The van der Waals surface area contributed by atoms with E-state index in [4.69, 9.17) is 32.9 Å². The summed E-state index contributed by atoms with van der Waals surface area (Å²) in [4.78, 5) is 27.4. The molecule has 300 valence electrons. The van der Waals surface area contributed by atoms with Crippen molar-refractivity contribution in [1.82, 2.24) is 24.8 Å². The van der Waals surface area contributed by atoms with Gasteiger partial charge in [0.25, 0.3) is 0 Å². The molecule has 2 bridgehead atoms. The van der Waals surface area contributed by atoms with Gasteiger partial charge >= 0.3 is 6.61 Å². The zero-order valence-electron chi connectivity index (χ0n) is 31.6. The first-order valence-electron chi connectivity index (χ1n) is 19.9. The number of carbonyl (C=O) groups is 1. The van der Waals surface area contributed by atoms with Gasteiger partial charge in [0.1, 0.15) is 23.2 Å². The zero-order valence-corrected chi connectivity index (χ0v) is 33.1. The van der Waals surface area contributed by atoms with E-state index in [1.54, 1.807) is 36.5 Å². The van der Waals surface area contributed by atoms with Crippen molar-refractivity contribution in [2.24, 2.45) is 11.8 Å². The minimum Gasteiger partial charge on any atom is -0.488 e. The van der Waals surface area contributed by atoms with Gasteiger partial charge in [-0.1, -0.05) is 35.3 Å². The van der Waals surface area contributed by atoms with Crippen molar-refractivity contribution < 1.29 is 27.4 Å². The van der Waals surface area contributed by atoms with Crippen LogP contribution < -0.4 is 15.0 Å². The Hall–Kier alpha value is -4.61. The molecule has 2 saturated carbocycles. The van der Waals surface area contributed by atoms with Crippen LogP contribution in [-0.4, -0.2) is 76.4 Å². The van der Waals surface area contributed by atoms with Crippen molar-refractivity contribution in [2.75, 3.05) is 31.1 Å². The van der Waals surface area contributed by atoms with Gasteiger partial charge < -0.3 is 29.2 Å². The number of rotatable bonds is 11. The molecule has 2 aliphatic carbocycles. The lowest BCUT2D eigenvalue weighted by Crippen LogP contribution is -2.53. The average Bonchev–Trinajstić information content (AvgIpc) is 3.46. The van der Waals surface area contributed by atoms with E-state index in [2.05, 4.69) is 31.7 Å². The molecule has 1 N–H and O–H groups in total. The number of anilines is 1. The Balaban J connectivity index is 1.08. The molecule has 10 nitrogen and oxygen atoms in total. The number of fused-ring (bicyclic) bond motifs is 4. The number of aromatic nitrogens is 3. The summed E-state index contributed by atoms with van der Waals surface area (Å²) in [6.45, 7) is 0.944. The first-order chi connectivity index (χ1) is 28.1. The number of benzene rings is 2. The summed E-state index contributed by atoms with van der Waals surface area (Å²) in [5.41, 5.74) is 4.08. The summed E-state index contributed by atoms with van der Waals surface area (Å²) in [5, 5.41) is 15.4. The highest BCUT2D eigenvalue weighted by Gasteiger charge is 2.51. The highest BCUT2D eigenvalue weighted by atomic mass is 35.5. The zero-order chi connectivity index (χ0) is 40.0. The van der Waals surface area contributed by atoms with Gasteiger partial charge in [0.15, 0.2) is 5.82 Å². The highest BCUT2D eigenvalue weighted by molar-refractivity contribution is 6.43. The van der Waals surface area contributed by atoms with Gasteiger partial charge in [0.2, 0.25) is 5.91 Å². The highest BCUT2D eigenvalue weighted by Crippen LogP contribution is 2.51. The number of nitrogens with zero attached hydrogens (tertiary/aromatic N) is 6. The summed E-state index contributed by atoms with van der Waals surface area (Å²) in [6.07, 6.45) is 4.47. The van der Waals surface area contributed by atoms with E-state index >= 15 is 4.39 Å². The number of alkyl halides is 2. The molecule has 6 fully saturated rings. The van der Waals surface area contributed by atoms with Crippen molar-refractivity contribution >= 4 is 56.7 Å². The topological polar surface area (TPSA) is 109 Å². The van der Waals surface area contributed by atoms with Crippen molar-refractivity contribution in [1.29, 1.82) is 5.26 Å². The number of likely N-dealkylation sites (tertiary alicyclic amines) is 1. The average molecular weight is 831 g/mol. The van der Waals surface area contributed by atoms with Gasteiger partial charge in [-0.25, -0.2) is 14.4 Å². The van der Waals surface area contributed by atoms with Crippen LogP contribution in [0.15, 0.2) is 48.7 Å². The predicted molar refractivity (Wildman–Crippen MR) is 214 cm³/mol. The monoisotopic (exact) mass is 829 g/mol. The maximum absolute atomic E-state index is 17.3. The lowest BCUT2D eigenvalue weighted by atomic mass is 9.79. The first-order valence-corrected chi connectivity index (χ1v) is 20.7. The third-order valence-electron chi connectivity index (χ3n) is 12.7. The van der Waals surface area contributed by atoms with Crippen LogP contribution in [-0.2, 0) is 16.0 Å². The Labute approximate surface area is 342 Å². The van der Waals surface area contributed by atoms with Gasteiger partial charge in [0.05, 0.1) is 46.4 Å². The summed E-state index contributed by atoms with van der Waals surface area (Å²) >= 11 is 13.1. The third-order valence-corrected chi connectivity index (χ3v) is 13.6. The summed E-state index contributed by atoms with van der Waals surface area (Å²) in [7, 11) is 0. The van der Waals surface area contributed by atoms with Crippen molar-refractivity contribution in [2.45, 2.75) is 82.4 Å². The van der Waals surface area contributed by atoms with Crippen LogP contribution in [0.25, 0.3) is 32.9 Å². The van der Waals surface area contributed by atoms with Crippen LogP contribution in [0.1, 0.15) is 61.1 Å². The Bertz CT molecular complexity index is 2510. The predicted octanol–water partition coefficient (Wildman–Crippen LogP) is 8.55.